The van der Waals surface area contributed by atoms with E-state index in [1.807, 2.05) is 30.3 Å². The molecule has 1 aromatic rings. The number of nitrogens with one attached hydrogen (secondary N) is 1. The zero-order chi connectivity index (χ0) is 25.5. The average Bonchev–Trinajstić information content (AvgIpc) is 3.21. The van der Waals surface area contributed by atoms with Gasteiger partial charge in [0, 0.05) is 6.54 Å². The van der Waals surface area contributed by atoms with E-state index in [1.165, 1.54) is 25.7 Å². The molecule has 4 saturated carbocycles. The molecule has 5 rings (SSSR count). The van der Waals surface area contributed by atoms with Crippen LogP contribution in [-0.2, 0) is 11.3 Å². The van der Waals surface area contributed by atoms with Gasteiger partial charge in [-0.05, 0) is 110 Å². The Morgan fingerprint density at radius 2 is 1.75 bits per heavy atom. The van der Waals surface area contributed by atoms with Crippen LogP contribution in [0, 0.1) is 46.3 Å². The molecule has 5 nitrogen and oxygen atoms in total. The summed E-state index contributed by atoms with van der Waals surface area (Å²) in [6, 6.07) is 9.78. The van der Waals surface area contributed by atoms with Crippen LogP contribution in [0.15, 0.2) is 30.3 Å². The molecule has 5 heteroatoms. The lowest BCUT2D eigenvalue weighted by Crippen LogP contribution is -2.58. The fourth-order valence-corrected chi connectivity index (χ4v) is 9.55. The molecule has 0 spiro atoms. The van der Waals surface area contributed by atoms with Crippen molar-refractivity contribution in [2.45, 2.75) is 97.4 Å². The van der Waals surface area contributed by atoms with E-state index in [-0.39, 0.29) is 29.1 Å². The number of hydrogen-bond acceptors (Lipinski definition) is 4. The molecule has 0 aromatic heterocycles. The number of hydrogen-bond donors (Lipinski definition) is 3. The minimum absolute atomic E-state index is 0.179. The van der Waals surface area contributed by atoms with Crippen molar-refractivity contribution < 1.29 is 19.7 Å². The van der Waals surface area contributed by atoms with Gasteiger partial charge in [-0.2, -0.15) is 0 Å². The highest BCUT2D eigenvalue weighted by Gasteiger charge is 2.62. The van der Waals surface area contributed by atoms with E-state index in [0.717, 1.165) is 37.7 Å². The van der Waals surface area contributed by atoms with Gasteiger partial charge >= 0.3 is 6.09 Å². The zero-order valence-corrected chi connectivity index (χ0v) is 22.5. The highest BCUT2D eigenvalue weighted by Crippen LogP contribution is 2.68. The lowest BCUT2D eigenvalue weighted by atomic mass is 9.43. The van der Waals surface area contributed by atoms with Crippen LogP contribution in [0.1, 0.15) is 84.1 Å². The number of carbonyl (C=O) groups is 1. The number of fused-ring (bicyclic) bond motifs is 5. The monoisotopic (exact) mass is 497 g/mol. The molecular weight excluding hydrogens is 450 g/mol. The average molecular weight is 498 g/mol. The Balaban J connectivity index is 1.17. The molecule has 1 amide bonds. The summed E-state index contributed by atoms with van der Waals surface area (Å²) in [6.45, 7) is 8.29. The number of aliphatic hydroxyl groups is 2. The summed E-state index contributed by atoms with van der Waals surface area (Å²) < 4.78 is 5.38. The highest BCUT2D eigenvalue weighted by molar-refractivity contribution is 5.67. The van der Waals surface area contributed by atoms with Crippen molar-refractivity contribution in [3.8, 4) is 0 Å². The molecule has 36 heavy (non-hydrogen) atoms. The third-order valence-corrected chi connectivity index (χ3v) is 11.5. The molecular formula is C31H47NO4. The quantitative estimate of drug-likeness (QED) is 0.455. The molecule has 0 aliphatic heterocycles. The van der Waals surface area contributed by atoms with Gasteiger partial charge in [0.25, 0.3) is 0 Å². The van der Waals surface area contributed by atoms with Crippen molar-refractivity contribution in [1.82, 2.24) is 5.32 Å². The minimum Gasteiger partial charge on any atom is -0.445 e. The first-order chi connectivity index (χ1) is 17.2. The zero-order valence-electron chi connectivity index (χ0n) is 22.5. The van der Waals surface area contributed by atoms with Gasteiger partial charge in [-0.25, -0.2) is 4.79 Å². The Hall–Kier alpha value is -1.59. The number of benzene rings is 1. The lowest BCUT2D eigenvalue weighted by Gasteiger charge is -2.62. The maximum atomic E-state index is 12.2. The molecule has 0 saturated heterocycles. The normalized spacial score (nSPS) is 42.5. The summed E-state index contributed by atoms with van der Waals surface area (Å²) >= 11 is 0. The molecule has 4 aliphatic rings. The van der Waals surface area contributed by atoms with E-state index >= 15 is 0 Å². The number of aliphatic hydroxyl groups excluding tert-OH is 2. The largest absolute Gasteiger partial charge is 0.445 e. The van der Waals surface area contributed by atoms with Gasteiger partial charge in [0.2, 0.25) is 0 Å². The summed E-state index contributed by atoms with van der Waals surface area (Å²) in [6.07, 6.45) is 8.92. The standard InChI is InChI=1S/C31H47NO4/c1-20(13-16-32-29(35)36-19-21-7-5-4-6-8-21)24-9-10-25-28-26(12-15-31(24,25)3)30(2)14-11-23(33)17-22(30)18-27(28)34/h4-8,20,22-28,33-34H,9-19H2,1-3H3,(H,32,35)/t20-,22+,23-,24-,25+,26+,27-,28+,30+,31-/m1/s1. The van der Waals surface area contributed by atoms with E-state index in [2.05, 4.69) is 26.1 Å². The van der Waals surface area contributed by atoms with E-state index in [0.29, 0.717) is 48.7 Å². The Bertz CT molecular complexity index is 907. The molecule has 4 fully saturated rings. The second kappa shape index (κ2) is 10.3. The van der Waals surface area contributed by atoms with Crippen LogP contribution in [0.2, 0.25) is 0 Å². The van der Waals surface area contributed by atoms with Gasteiger partial charge in [0.05, 0.1) is 12.2 Å². The van der Waals surface area contributed by atoms with Crippen LogP contribution in [0.3, 0.4) is 0 Å². The second-order valence-corrected chi connectivity index (χ2v) is 13.2. The molecule has 1 aromatic carbocycles. The predicted molar refractivity (Wildman–Crippen MR) is 141 cm³/mol. The van der Waals surface area contributed by atoms with E-state index in [9.17, 15) is 15.0 Å². The van der Waals surface area contributed by atoms with Crippen LogP contribution < -0.4 is 5.32 Å². The van der Waals surface area contributed by atoms with Crippen molar-refractivity contribution in [2.24, 2.45) is 46.3 Å². The molecule has 4 aliphatic carbocycles. The van der Waals surface area contributed by atoms with Crippen LogP contribution in [-0.4, -0.2) is 35.1 Å². The summed E-state index contributed by atoms with van der Waals surface area (Å²) in [7, 11) is 0. The number of rotatable bonds is 6. The van der Waals surface area contributed by atoms with Crippen molar-refractivity contribution in [3.05, 3.63) is 35.9 Å². The third-order valence-electron chi connectivity index (χ3n) is 11.5. The Kier molecular flexibility index (Phi) is 7.44. The van der Waals surface area contributed by atoms with Gasteiger partial charge < -0.3 is 20.3 Å². The first kappa shape index (κ1) is 26.0. The van der Waals surface area contributed by atoms with Gasteiger partial charge in [-0.3, -0.25) is 0 Å². The van der Waals surface area contributed by atoms with Gasteiger partial charge in [0.1, 0.15) is 6.61 Å². The van der Waals surface area contributed by atoms with Gasteiger partial charge in [-0.1, -0.05) is 51.1 Å². The van der Waals surface area contributed by atoms with Crippen LogP contribution in [0.5, 0.6) is 0 Å². The summed E-state index contributed by atoms with van der Waals surface area (Å²) in [5, 5.41) is 24.7. The Labute approximate surface area is 217 Å². The van der Waals surface area contributed by atoms with Gasteiger partial charge in [-0.15, -0.1) is 0 Å². The molecule has 10 atom stereocenters. The predicted octanol–water partition coefficient (Wildman–Crippen LogP) is 5.93. The molecule has 0 radical (unpaired) electrons. The number of amides is 1. The third kappa shape index (κ3) is 4.71. The van der Waals surface area contributed by atoms with E-state index in [4.69, 9.17) is 4.74 Å². The first-order valence-electron chi connectivity index (χ1n) is 14.5. The lowest BCUT2D eigenvalue weighted by molar-refractivity contribution is -0.174. The highest BCUT2D eigenvalue weighted by atomic mass is 16.5. The minimum atomic E-state index is -0.340. The number of ether oxygens (including phenoxy) is 1. The fourth-order valence-electron chi connectivity index (χ4n) is 9.55. The maximum absolute atomic E-state index is 12.2. The molecule has 0 bridgehead atoms. The molecule has 3 N–H and O–H groups in total. The van der Waals surface area contributed by atoms with Crippen molar-refractivity contribution in [1.29, 1.82) is 0 Å². The van der Waals surface area contributed by atoms with E-state index in [1.54, 1.807) is 0 Å². The SMILES string of the molecule is C[C@H](CCNC(=O)OCc1ccccc1)[C@H]1CC[C@H]2[C@@H]3[C@H](O)C[C@@H]4C[C@H](O)CC[C@]4(C)[C@H]3CC[C@]12C. The summed E-state index contributed by atoms with van der Waals surface area (Å²) in [5.41, 5.74) is 1.54. The molecule has 200 valence electrons. The van der Waals surface area contributed by atoms with Crippen LogP contribution in [0.4, 0.5) is 4.79 Å². The second-order valence-electron chi connectivity index (χ2n) is 13.2. The summed E-state index contributed by atoms with van der Waals surface area (Å²) in [4.78, 5) is 12.2. The first-order valence-corrected chi connectivity index (χ1v) is 14.5. The maximum Gasteiger partial charge on any atom is 0.407 e. The molecule has 0 unspecified atom stereocenters. The van der Waals surface area contributed by atoms with Crippen molar-refractivity contribution in [2.75, 3.05) is 6.54 Å². The van der Waals surface area contributed by atoms with Crippen molar-refractivity contribution in [3.63, 3.8) is 0 Å². The van der Waals surface area contributed by atoms with Crippen molar-refractivity contribution >= 4 is 6.09 Å². The van der Waals surface area contributed by atoms with Crippen LogP contribution >= 0.6 is 0 Å². The van der Waals surface area contributed by atoms with E-state index < -0.39 is 0 Å². The van der Waals surface area contributed by atoms with Crippen LogP contribution in [0.25, 0.3) is 0 Å². The smallest absolute Gasteiger partial charge is 0.407 e. The topological polar surface area (TPSA) is 78.8 Å². The molecule has 0 heterocycles. The number of alkyl carbamates (subject to hydrolysis) is 1. The Morgan fingerprint density at radius 1 is 1.03 bits per heavy atom. The van der Waals surface area contributed by atoms with Gasteiger partial charge in [0.15, 0.2) is 0 Å². The summed E-state index contributed by atoms with van der Waals surface area (Å²) in [5.74, 6) is 3.21. The number of carbonyl (C=O) groups excluding carboxylic acids is 1. The fraction of sp³-hybridized carbons (Fsp3) is 0.774. The Morgan fingerprint density at radius 3 is 2.53 bits per heavy atom.